The molecule has 0 radical (unpaired) electrons. The molecule has 5 N–H and O–H groups in total. The van der Waals surface area contributed by atoms with Gasteiger partial charge in [0.1, 0.15) is 0 Å². The van der Waals surface area contributed by atoms with Gasteiger partial charge in [0.25, 0.3) is 5.91 Å². The van der Waals surface area contributed by atoms with Gasteiger partial charge in [-0.3, -0.25) is 9.59 Å². The maximum atomic E-state index is 12.0. The Balaban J connectivity index is 1.89. The third-order valence-electron chi connectivity index (χ3n) is 3.61. The summed E-state index contributed by atoms with van der Waals surface area (Å²) in [7, 11) is 0. The molecule has 0 atom stereocenters. The number of nitrogens with one attached hydrogen (secondary N) is 1. The molecule has 5 nitrogen and oxygen atoms in total. The normalized spacial score (nSPS) is 22.7. The highest BCUT2D eigenvalue weighted by Crippen LogP contribution is 2.24. The highest BCUT2D eigenvalue weighted by atomic mass is 16.2. The summed E-state index contributed by atoms with van der Waals surface area (Å²) in [6, 6.07) is 7.01. The minimum atomic E-state index is -0.236. The number of rotatable bonds is 3. The van der Waals surface area contributed by atoms with Crippen LogP contribution in [0.4, 0.5) is 5.69 Å². The van der Waals surface area contributed by atoms with Gasteiger partial charge in [-0.05, 0) is 43.9 Å². The number of anilines is 1. The van der Waals surface area contributed by atoms with E-state index in [1.165, 1.54) is 0 Å². The van der Waals surface area contributed by atoms with Crippen molar-refractivity contribution in [1.82, 2.24) is 5.32 Å². The zero-order valence-corrected chi connectivity index (χ0v) is 10.8. The number of hydrogen-bond acceptors (Lipinski definition) is 3. The predicted molar refractivity (Wildman–Crippen MR) is 73.3 cm³/mol. The molecule has 1 aliphatic carbocycles. The molecule has 0 unspecified atom stereocenters. The lowest BCUT2D eigenvalue weighted by Gasteiger charge is -2.27. The molecule has 2 rings (SSSR count). The van der Waals surface area contributed by atoms with Crippen LogP contribution in [0.15, 0.2) is 24.3 Å². The molecular formula is C14H19N3O2. The molecule has 1 saturated carbocycles. The van der Waals surface area contributed by atoms with Crippen molar-refractivity contribution in [3.63, 3.8) is 0 Å². The van der Waals surface area contributed by atoms with Crippen LogP contribution in [-0.4, -0.2) is 17.9 Å². The Hall–Kier alpha value is -2.04. The van der Waals surface area contributed by atoms with E-state index < -0.39 is 0 Å². The Morgan fingerprint density at radius 3 is 2.42 bits per heavy atom. The summed E-state index contributed by atoms with van der Waals surface area (Å²) in [6.07, 6.45) is 3.08. The van der Waals surface area contributed by atoms with E-state index in [0.717, 1.165) is 25.7 Å². The summed E-state index contributed by atoms with van der Waals surface area (Å²) in [4.78, 5) is 23.1. The van der Waals surface area contributed by atoms with Gasteiger partial charge in [-0.2, -0.15) is 0 Å². The maximum absolute atomic E-state index is 12.0. The smallest absolute Gasteiger partial charge is 0.251 e. The Bertz CT molecular complexity index is 479. The van der Waals surface area contributed by atoms with E-state index in [1.807, 2.05) is 0 Å². The molecule has 1 fully saturated rings. The van der Waals surface area contributed by atoms with E-state index in [9.17, 15) is 9.59 Å². The van der Waals surface area contributed by atoms with E-state index in [2.05, 4.69) is 5.32 Å². The van der Waals surface area contributed by atoms with Gasteiger partial charge in [-0.1, -0.05) is 6.07 Å². The zero-order chi connectivity index (χ0) is 13.8. The Morgan fingerprint density at radius 2 is 1.84 bits per heavy atom. The molecule has 0 aliphatic heterocycles. The van der Waals surface area contributed by atoms with Gasteiger partial charge >= 0.3 is 0 Å². The fraction of sp³-hybridized carbons (Fsp3) is 0.429. The molecule has 0 spiro atoms. The summed E-state index contributed by atoms with van der Waals surface area (Å²) >= 11 is 0. The van der Waals surface area contributed by atoms with Crippen molar-refractivity contribution in [2.24, 2.45) is 11.7 Å². The van der Waals surface area contributed by atoms with Crippen LogP contribution >= 0.6 is 0 Å². The van der Waals surface area contributed by atoms with Crippen molar-refractivity contribution in [2.45, 2.75) is 31.7 Å². The third kappa shape index (κ3) is 3.47. The van der Waals surface area contributed by atoms with Crippen LogP contribution in [-0.2, 0) is 4.79 Å². The van der Waals surface area contributed by atoms with Crippen LogP contribution in [0.25, 0.3) is 0 Å². The largest absolute Gasteiger partial charge is 0.399 e. The summed E-state index contributed by atoms with van der Waals surface area (Å²) in [5.74, 6) is -0.393. The first-order chi connectivity index (χ1) is 9.06. The van der Waals surface area contributed by atoms with Gasteiger partial charge in [0.05, 0.1) is 0 Å². The monoisotopic (exact) mass is 261 g/mol. The second-order valence-corrected chi connectivity index (χ2v) is 5.05. The molecule has 19 heavy (non-hydrogen) atoms. The summed E-state index contributed by atoms with van der Waals surface area (Å²) < 4.78 is 0. The molecule has 102 valence electrons. The second-order valence-electron chi connectivity index (χ2n) is 5.05. The van der Waals surface area contributed by atoms with E-state index in [1.54, 1.807) is 24.3 Å². The third-order valence-corrected chi connectivity index (χ3v) is 3.61. The molecule has 1 aromatic carbocycles. The minimum absolute atomic E-state index is 0.0412. The van der Waals surface area contributed by atoms with Crippen molar-refractivity contribution in [3.8, 4) is 0 Å². The Kier molecular flexibility index (Phi) is 4.04. The molecule has 0 aromatic heterocycles. The first-order valence-electron chi connectivity index (χ1n) is 6.52. The molecule has 1 aliphatic rings. The Morgan fingerprint density at radius 1 is 1.16 bits per heavy atom. The van der Waals surface area contributed by atoms with Gasteiger partial charge < -0.3 is 16.8 Å². The number of hydrogen-bond donors (Lipinski definition) is 3. The van der Waals surface area contributed by atoms with Gasteiger partial charge in [-0.15, -0.1) is 0 Å². The quantitative estimate of drug-likeness (QED) is 0.709. The lowest BCUT2D eigenvalue weighted by molar-refractivity contribution is -0.122. The fourth-order valence-corrected chi connectivity index (χ4v) is 2.47. The van der Waals surface area contributed by atoms with Crippen LogP contribution in [0.1, 0.15) is 36.0 Å². The van der Waals surface area contributed by atoms with E-state index in [0.29, 0.717) is 11.3 Å². The van der Waals surface area contributed by atoms with Crippen molar-refractivity contribution in [1.29, 1.82) is 0 Å². The predicted octanol–water partition coefficient (Wildman–Crippen LogP) is 1.04. The zero-order valence-electron chi connectivity index (χ0n) is 10.8. The molecule has 1 aromatic rings. The van der Waals surface area contributed by atoms with Gasteiger partial charge in [-0.25, -0.2) is 0 Å². The van der Waals surface area contributed by atoms with Crippen molar-refractivity contribution < 1.29 is 9.59 Å². The average Bonchev–Trinajstić information content (AvgIpc) is 2.39. The number of nitrogens with two attached hydrogens (primary N) is 2. The summed E-state index contributed by atoms with van der Waals surface area (Å²) in [5.41, 5.74) is 12.1. The van der Waals surface area contributed by atoms with Crippen molar-refractivity contribution in [2.75, 3.05) is 5.73 Å². The SMILES string of the molecule is NC(=O)C1CCC(NC(=O)c2cccc(N)c2)CC1. The van der Waals surface area contributed by atoms with Gasteiger partial charge in [0.2, 0.25) is 5.91 Å². The molecular weight excluding hydrogens is 242 g/mol. The molecule has 0 bridgehead atoms. The number of benzene rings is 1. The van der Waals surface area contributed by atoms with Crippen molar-refractivity contribution >= 4 is 17.5 Å². The summed E-state index contributed by atoms with van der Waals surface area (Å²) in [5, 5.41) is 2.98. The minimum Gasteiger partial charge on any atom is -0.399 e. The van der Waals surface area contributed by atoms with Crippen LogP contribution in [0.2, 0.25) is 0 Å². The topological polar surface area (TPSA) is 98.2 Å². The van der Waals surface area contributed by atoms with Gasteiger partial charge in [0.15, 0.2) is 0 Å². The number of carbonyl (C=O) groups is 2. The first kappa shape index (κ1) is 13.4. The standard InChI is InChI=1S/C14H19N3O2/c15-11-3-1-2-10(8-11)14(19)17-12-6-4-9(5-7-12)13(16)18/h1-3,8-9,12H,4-7,15H2,(H2,16,18)(H,17,19). The van der Waals surface area contributed by atoms with E-state index in [-0.39, 0.29) is 23.8 Å². The molecule has 2 amide bonds. The summed E-state index contributed by atoms with van der Waals surface area (Å²) in [6.45, 7) is 0. The average molecular weight is 261 g/mol. The number of nitrogen functional groups attached to an aromatic ring is 1. The fourth-order valence-electron chi connectivity index (χ4n) is 2.47. The lowest BCUT2D eigenvalue weighted by atomic mass is 9.85. The number of primary amides is 1. The highest BCUT2D eigenvalue weighted by Gasteiger charge is 2.25. The van der Waals surface area contributed by atoms with E-state index >= 15 is 0 Å². The Labute approximate surface area is 112 Å². The van der Waals surface area contributed by atoms with E-state index in [4.69, 9.17) is 11.5 Å². The molecule has 0 saturated heterocycles. The number of carbonyl (C=O) groups excluding carboxylic acids is 2. The van der Waals surface area contributed by atoms with Crippen LogP contribution in [0, 0.1) is 5.92 Å². The van der Waals surface area contributed by atoms with Gasteiger partial charge in [0, 0.05) is 23.2 Å². The van der Waals surface area contributed by atoms with Crippen LogP contribution in [0.3, 0.4) is 0 Å². The van der Waals surface area contributed by atoms with Crippen molar-refractivity contribution in [3.05, 3.63) is 29.8 Å². The lowest BCUT2D eigenvalue weighted by Crippen LogP contribution is -2.39. The number of amides is 2. The molecule has 5 heteroatoms. The maximum Gasteiger partial charge on any atom is 0.251 e. The first-order valence-corrected chi connectivity index (χ1v) is 6.52. The molecule has 0 heterocycles. The second kappa shape index (κ2) is 5.73. The van der Waals surface area contributed by atoms with Crippen LogP contribution in [0.5, 0.6) is 0 Å². The highest BCUT2D eigenvalue weighted by molar-refractivity contribution is 5.95. The van der Waals surface area contributed by atoms with Crippen LogP contribution < -0.4 is 16.8 Å².